The first-order valence-corrected chi connectivity index (χ1v) is 3.27. The summed E-state index contributed by atoms with van der Waals surface area (Å²) in [5.74, 6) is 0. The molecule has 0 saturated carbocycles. The maximum atomic E-state index is 7.43. The number of nitrogens with two attached hydrogens (primary N) is 2. The van der Waals surface area contributed by atoms with Crippen LogP contribution in [0.2, 0.25) is 0 Å². The van der Waals surface area contributed by atoms with Gasteiger partial charge >= 0.3 is 0 Å². The van der Waals surface area contributed by atoms with Crippen LogP contribution in [0.25, 0.3) is 0 Å². The molecule has 0 unspecified atom stereocenters. The van der Waals surface area contributed by atoms with Crippen molar-refractivity contribution in [3.05, 3.63) is 0 Å². The third-order valence-electron chi connectivity index (χ3n) is 0.778. The standard InChI is InChI=1S/C6H18N4/c7-1-3-9-5-6-10-4-2-8/h9-10H,1-8H2/i5D2,6D2. The van der Waals surface area contributed by atoms with Crippen molar-refractivity contribution in [1.82, 2.24) is 10.6 Å². The summed E-state index contributed by atoms with van der Waals surface area (Å²) < 4.78 is 29.7. The molecule has 4 nitrogen and oxygen atoms in total. The van der Waals surface area contributed by atoms with Gasteiger partial charge in [0.1, 0.15) is 0 Å². The van der Waals surface area contributed by atoms with Gasteiger partial charge < -0.3 is 22.1 Å². The van der Waals surface area contributed by atoms with Crippen LogP contribution in [0.1, 0.15) is 5.48 Å². The topological polar surface area (TPSA) is 76.1 Å². The van der Waals surface area contributed by atoms with E-state index >= 15 is 0 Å². The Labute approximate surface area is 68.0 Å². The molecule has 0 heterocycles. The summed E-state index contributed by atoms with van der Waals surface area (Å²) in [6.07, 6.45) is 0. The molecule has 0 aliphatic carbocycles. The third-order valence-corrected chi connectivity index (χ3v) is 0.778. The van der Waals surface area contributed by atoms with E-state index in [0.717, 1.165) is 0 Å². The quantitative estimate of drug-likeness (QED) is 0.341. The van der Waals surface area contributed by atoms with Crippen molar-refractivity contribution in [2.45, 2.75) is 0 Å². The monoisotopic (exact) mass is 150 g/mol. The second-order valence-corrected chi connectivity index (χ2v) is 1.68. The Hall–Kier alpha value is -0.160. The summed E-state index contributed by atoms with van der Waals surface area (Å²) >= 11 is 0. The van der Waals surface area contributed by atoms with Crippen LogP contribution in [-0.4, -0.2) is 39.2 Å². The second-order valence-electron chi connectivity index (χ2n) is 1.68. The molecule has 0 aliphatic rings. The zero-order chi connectivity index (χ0) is 11.2. The maximum Gasteiger partial charge on any atom is 0.0441 e. The van der Waals surface area contributed by atoms with Crippen LogP contribution >= 0.6 is 0 Å². The molecule has 10 heavy (non-hydrogen) atoms. The second kappa shape index (κ2) is 8.84. The van der Waals surface area contributed by atoms with Crippen LogP contribution < -0.4 is 22.1 Å². The van der Waals surface area contributed by atoms with Crippen LogP contribution in [0.4, 0.5) is 0 Å². The lowest BCUT2D eigenvalue weighted by Gasteiger charge is -2.03. The first-order chi connectivity index (χ1) is 6.37. The van der Waals surface area contributed by atoms with Crippen molar-refractivity contribution >= 4 is 0 Å². The lowest BCUT2D eigenvalue weighted by atomic mass is 10.5. The zero-order valence-corrected chi connectivity index (χ0v) is 5.98. The smallest absolute Gasteiger partial charge is 0.0441 e. The fourth-order valence-corrected chi connectivity index (χ4v) is 0.358. The van der Waals surface area contributed by atoms with Gasteiger partial charge in [-0.1, -0.05) is 0 Å². The Morgan fingerprint density at radius 1 is 1.00 bits per heavy atom. The summed E-state index contributed by atoms with van der Waals surface area (Å²) in [6, 6.07) is 0. The molecule has 0 amide bonds. The molecule has 0 atom stereocenters. The van der Waals surface area contributed by atoms with E-state index in [4.69, 9.17) is 17.0 Å². The average molecular weight is 150 g/mol. The summed E-state index contributed by atoms with van der Waals surface area (Å²) in [6.45, 7) is -3.38. The van der Waals surface area contributed by atoms with Gasteiger partial charge in [-0.25, -0.2) is 0 Å². The van der Waals surface area contributed by atoms with E-state index in [-0.39, 0.29) is 26.2 Å². The van der Waals surface area contributed by atoms with Gasteiger partial charge in [-0.05, 0) is 0 Å². The molecular weight excluding hydrogens is 128 g/mol. The molecule has 62 valence electrons. The van der Waals surface area contributed by atoms with E-state index in [2.05, 4.69) is 10.6 Å². The molecule has 0 radical (unpaired) electrons. The molecular formula is C6H18N4. The Bertz CT molecular complexity index is 146. The molecule has 0 aromatic heterocycles. The van der Waals surface area contributed by atoms with Crippen molar-refractivity contribution < 1.29 is 5.48 Å². The third kappa shape index (κ3) is 7.84. The highest BCUT2D eigenvalue weighted by Gasteiger charge is 1.83. The largest absolute Gasteiger partial charge is 0.329 e. The van der Waals surface area contributed by atoms with Gasteiger partial charge in [0.05, 0.1) is 0 Å². The SMILES string of the molecule is [2H]C([2H])(NCCN)C([2H])([2H])NCCN. The van der Waals surface area contributed by atoms with Gasteiger partial charge in [-0.2, -0.15) is 0 Å². The first-order valence-electron chi connectivity index (χ1n) is 5.27. The Balaban J connectivity index is 4.20. The molecule has 6 N–H and O–H groups in total. The van der Waals surface area contributed by atoms with Crippen LogP contribution in [0.15, 0.2) is 0 Å². The normalized spacial score (nSPS) is 19.0. The lowest BCUT2D eigenvalue weighted by molar-refractivity contribution is 0.618. The van der Waals surface area contributed by atoms with E-state index in [1.807, 2.05) is 0 Å². The highest BCUT2D eigenvalue weighted by molar-refractivity contribution is 4.51. The number of hydrogen-bond donors (Lipinski definition) is 4. The van der Waals surface area contributed by atoms with E-state index in [1.54, 1.807) is 0 Å². The highest BCUT2D eigenvalue weighted by atomic mass is 14.9. The van der Waals surface area contributed by atoms with Gasteiger partial charge in [0.25, 0.3) is 0 Å². The fraction of sp³-hybridized carbons (Fsp3) is 1.00. The van der Waals surface area contributed by atoms with Gasteiger partial charge in [0.2, 0.25) is 0 Å². The zero-order valence-electron chi connectivity index (χ0n) is 9.98. The van der Waals surface area contributed by atoms with Crippen molar-refractivity contribution in [3.63, 3.8) is 0 Å². The molecule has 0 fully saturated rings. The van der Waals surface area contributed by atoms with E-state index in [1.165, 1.54) is 0 Å². The maximum absolute atomic E-state index is 7.43. The molecule has 0 rings (SSSR count). The van der Waals surface area contributed by atoms with Crippen molar-refractivity contribution in [2.24, 2.45) is 11.5 Å². The first kappa shape index (κ1) is 4.66. The average Bonchev–Trinajstić information content (AvgIpc) is 2.11. The number of nitrogens with one attached hydrogen (secondary N) is 2. The van der Waals surface area contributed by atoms with Crippen LogP contribution in [0.5, 0.6) is 0 Å². The van der Waals surface area contributed by atoms with E-state index < -0.39 is 13.0 Å². The predicted octanol–water partition coefficient (Wildman–Crippen LogP) is -1.92. The van der Waals surface area contributed by atoms with E-state index in [0.29, 0.717) is 0 Å². The van der Waals surface area contributed by atoms with Gasteiger partial charge in [0, 0.05) is 44.7 Å². The molecule has 0 saturated heterocycles. The summed E-state index contributed by atoms with van der Waals surface area (Å²) in [7, 11) is 0. The van der Waals surface area contributed by atoms with E-state index in [9.17, 15) is 0 Å². The van der Waals surface area contributed by atoms with Gasteiger partial charge in [0.15, 0.2) is 0 Å². The number of hydrogen-bond acceptors (Lipinski definition) is 4. The Kier molecular flexibility index (Phi) is 4.12. The van der Waals surface area contributed by atoms with Crippen LogP contribution in [0, 0.1) is 0 Å². The number of rotatable bonds is 7. The molecule has 0 aromatic rings. The Morgan fingerprint density at radius 3 is 1.70 bits per heavy atom. The molecule has 0 bridgehead atoms. The minimum Gasteiger partial charge on any atom is -0.329 e. The van der Waals surface area contributed by atoms with Gasteiger partial charge in [-0.15, -0.1) is 0 Å². The van der Waals surface area contributed by atoms with Crippen molar-refractivity contribution in [1.29, 1.82) is 0 Å². The lowest BCUT2D eigenvalue weighted by Crippen LogP contribution is -2.32. The highest BCUT2D eigenvalue weighted by Crippen LogP contribution is 1.57. The predicted molar refractivity (Wildman–Crippen MR) is 43.8 cm³/mol. The molecule has 0 aliphatic heterocycles. The summed E-state index contributed by atoms with van der Waals surface area (Å²) in [5.41, 5.74) is 10.4. The Morgan fingerprint density at radius 2 is 1.40 bits per heavy atom. The van der Waals surface area contributed by atoms with Crippen molar-refractivity contribution in [2.75, 3.05) is 39.2 Å². The minimum absolute atomic E-state index is 0.219. The van der Waals surface area contributed by atoms with Crippen molar-refractivity contribution in [3.8, 4) is 0 Å². The molecule has 4 heteroatoms. The fourth-order valence-electron chi connectivity index (χ4n) is 0.358. The molecule has 0 aromatic carbocycles. The minimum atomic E-state index is -2.17. The van der Waals surface area contributed by atoms with Crippen LogP contribution in [-0.2, 0) is 0 Å². The summed E-state index contributed by atoms with van der Waals surface area (Å²) in [4.78, 5) is 0. The summed E-state index contributed by atoms with van der Waals surface area (Å²) in [5, 5.41) is 4.78. The molecule has 0 spiro atoms. The van der Waals surface area contributed by atoms with Crippen LogP contribution in [0.3, 0.4) is 0 Å². The van der Waals surface area contributed by atoms with Gasteiger partial charge in [-0.3, -0.25) is 0 Å².